The van der Waals surface area contributed by atoms with Crippen LogP contribution in [-0.2, 0) is 9.53 Å². The SMILES string of the molecule is Cc1ccc(NC(=O)c2sc3ncn(C(C)C(=O)OCC(C)C)c(=O)c3c2C)c(C)c1. The molecule has 3 aromatic rings. The lowest BCUT2D eigenvalue weighted by atomic mass is 10.1. The summed E-state index contributed by atoms with van der Waals surface area (Å²) in [5.41, 5.74) is 2.98. The molecule has 1 aromatic carbocycles. The van der Waals surface area contributed by atoms with Crippen LogP contribution in [0.3, 0.4) is 0 Å². The van der Waals surface area contributed by atoms with Crippen molar-refractivity contribution in [3.05, 3.63) is 56.4 Å². The molecule has 3 rings (SSSR count). The number of benzene rings is 1. The molecule has 0 bridgehead atoms. The second kappa shape index (κ2) is 9.01. The molecule has 31 heavy (non-hydrogen) atoms. The van der Waals surface area contributed by atoms with Crippen molar-refractivity contribution in [1.29, 1.82) is 0 Å². The van der Waals surface area contributed by atoms with Crippen molar-refractivity contribution in [2.45, 2.75) is 47.6 Å². The van der Waals surface area contributed by atoms with Crippen LogP contribution in [0.4, 0.5) is 5.69 Å². The fourth-order valence-electron chi connectivity index (χ4n) is 3.25. The largest absolute Gasteiger partial charge is 0.464 e. The number of amides is 1. The van der Waals surface area contributed by atoms with Crippen LogP contribution in [0, 0.1) is 26.7 Å². The van der Waals surface area contributed by atoms with Gasteiger partial charge in [-0.05, 0) is 50.8 Å². The fraction of sp³-hybridized carbons (Fsp3) is 0.391. The summed E-state index contributed by atoms with van der Waals surface area (Å²) < 4.78 is 6.52. The molecule has 1 unspecified atom stereocenters. The maximum absolute atomic E-state index is 13.1. The standard InChI is InChI=1S/C23H27N3O4S/c1-12(2)10-30-23(29)16(6)26-11-24-21-18(22(26)28)15(5)19(31-21)20(27)25-17-8-7-13(3)9-14(17)4/h7-9,11-12,16H,10H2,1-6H3,(H,25,27). The Bertz CT molecular complexity index is 1210. The molecule has 0 saturated carbocycles. The summed E-state index contributed by atoms with van der Waals surface area (Å²) in [5, 5.41) is 3.27. The molecule has 2 heterocycles. The highest BCUT2D eigenvalue weighted by atomic mass is 32.1. The topological polar surface area (TPSA) is 90.3 Å². The second-order valence-electron chi connectivity index (χ2n) is 8.17. The molecule has 0 radical (unpaired) electrons. The number of nitrogens with one attached hydrogen (secondary N) is 1. The minimum absolute atomic E-state index is 0.200. The Morgan fingerprint density at radius 3 is 2.55 bits per heavy atom. The van der Waals surface area contributed by atoms with Crippen molar-refractivity contribution in [2.75, 3.05) is 11.9 Å². The van der Waals surface area contributed by atoms with E-state index in [0.717, 1.165) is 28.2 Å². The van der Waals surface area contributed by atoms with Crippen LogP contribution in [0.25, 0.3) is 10.2 Å². The molecule has 1 amide bonds. The van der Waals surface area contributed by atoms with E-state index in [2.05, 4.69) is 10.3 Å². The summed E-state index contributed by atoms with van der Waals surface area (Å²) in [6, 6.07) is 4.98. The second-order valence-corrected chi connectivity index (χ2v) is 9.16. The first-order chi connectivity index (χ1) is 14.6. The lowest BCUT2D eigenvalue weighted by Gasteiger charge is -2.15. The first-order valence-electron chi connectivity index (χ1n) is 10.2. The summed E-state index contributed by atoms with van der Waals surface area (Å²) in [7, 11) is 0. The van der Waals surface area contributed by atoms with Gasteiger partial charge in [0.15, 0.2) is 0 Å². The Labute approximate surface area is 185 Å². The van der Waals surface area contributed by atoms with E-state index < -0.39 is 12.0 Å². The van der Waals surface area contributed by atoms with Crippen molar-refractivity contribution in [1.82, 2.24) is 9.55 Å². The van der Waals surface area contributed by atoms with E-state index in [0.29, 0.717) is 20.7 Å². The maximum atomic E-state index is 13.1. The van der Waals surface area contributed by atoms with Gasteiger partial charge in [-0.3, -0.25) is 14.2 Å². The smallest absolute Gasteiger partial charge is 0.329 e. The molecule has 0 fully saturated rings. The average molecular weight is 442 g/mol. The molecular weight excluding hydrogens is 414 g/mol. The van der Waals surface area contributed by atoms with Gasteiger partial charge in [0, 0.05) is 5.69 Å². The van der Waals surface area contributed by atoms with E-state index in [9.17, 15) is 14.4 Å². The molecule has 2 aromatic heterocycles. The highest BCUT2D eigenvalue weighted by Gasteiger charge is 2.24. The lowest BCUT2D eigenvalue weighted by Crippen LogP contribution is -2.30. The number of aryl methyl sites for hydroxylation is 3. The van der Waals surface area contributed by atoms with E-state index in [1.165, 1.54) is 10.9 Å². The number of carbonyl (C=O) groups is 2. The Morgan fingerprint density at radius 1 is 1.19 bits per heavy atom. The number of rotatable bonds is 6. The van der Waals surface area contributed by atoms with Gasteiger partial charge in [-0.2, -0.15) is 0 Å². The summed E-state index contributed by atoms with van der Waals surface area (Å²) >= 11 is 1.16. The quantitative estimate of drug-likeness (QED) is 0.573. The molecule has 0 aliphatic heterocycles. The number of carbonyl (C=O) groups excluding carboxylic acids is 2. The Balaban J connectivity index is 1.93. The lowest BCUT2D eigenvalue weighted by molar-refractivity contribution is -0.148. The van der Waals surface area contributed by atoms with E-state index in [1.54, 1.807) is 13.8 Å². The van der Waals surface area contributed by atoms with Crippen LogP contribution in [0.5, 0.6) is 0 Å². The van der Waals surface area contributed by atoms with E-state index in [1.807, 2.05) is 45.9 Å². The number of hydrogen-bond donors (Lipinski definition) is 1. The number of nitrogens with zero attached hydrogens (tertiary/aromatic N) is 2. The van der Waals surface area contributed by atoms with Gasteiger partial charge in [0.2, 0.25) is 0 Å². The molecule has 1 N–H and O–H groups in total. The van der Waals surface area contributed by atoms with E-state index in [4.69, 9.17) is 4.74 Å². The number of anilines is 1. The Kier molecular flexibility index (Phi) is 6.59. The number of ether oxygens (including phenoxy) is 1. The minimum Gasteiger partial charge on any atom is -0.464 e. The molecule has 1 atom stereocenters. The first kappa shape index (κ1) is 22.7. The molecule has 7 nitrogen and oxygen atoms in total. The van der Waals surface area contributed by atoms with Gasteiger partial charge in [-0.15, -0.1) is 11.3 Å². The minimum atomic E-state index is -0.810. The zero-order valence-electron chi connectivity index (χ0n) is 18.6. The van der Waals surface area contributed by atoms with Crippen LogP contribution >= 0.6 is 11.3 Å². The predicted molar refractivity (Wildman–Crippen MR) is 123 cm³/mol. The van der Waals surface area contributed by atoms with Crippen LogP contribution in [-0.4, -0.2) is 28.0 Å². The molecule has 0 aliphatic rings. The Hall–Kier alpha value is -3.00. The van der Waals surface area contributed by atoms with Crippen LogP contribution < -0.4 is 10.9 Å². The number of aromatic nitrogens is 2. The summed E-state index contributed by atoms with van der Waals surface area (Å²) in [5.74, 6) is -0.578. The van der Waals surface area contributed by atoms with Crippen LogP contribution in [0.15, 0.2) is 29.3 Å². The molecule has 164 valence electrons. The van der Waals surface area contributed by atoms with Crippen molar-refractivity contribution in [3.8, 4) is 0 Å². The third kappa shape index (κ3) is 4.69. The number of fused-ring (bicyclic) bond motifs is 1. The van der Waals surface area contributed by atoms with Crippen LogP contribution in [0.2, 0.25) is 0 Å². The van der Waals surface area contributed by atoms with Gasteiger partial charge in [0.05, 0.1) is 23.2 Å². The van der Waals surface area contributed by atoms with Crippen molar-refractivity contribution in [2.24, 2.45) is 5.92 Å². The normalized spacial score (nSPS) is 12.2. The highest BCUT2D eigenvalue weighted by molar-refractivity contribution is 7.20. The number of thiophene rings is 1. The monoisotopic (exact) mass is 441 g/mol. The van der Waals surface area contributed by atoms with Gasteiger partial charge in [0.1, 0.15) is 10.9 Å². The van der Waals surface area contributed by atoms with Gasteiger partial charge in [-0.25, -0.2) is 9.78 Å². The summed E-state index contributed by atoms with van der Waals surface area (Å²) in [4.78, 5) is 43.6. The van der Waals surface area contributed by atoms with Gasteiger partial charge in [0.25, 0.3) is 11.5 Å². The van der Waals surface area contributed by atoms with Crippen LogP contribution in [0.1, 0.15) is 53.2 Å². The average Bonchev–Trinajstić information content (AvgIpc) is 3.05. The van der Waals surface area contributed by atoms with Gasteiger partial charge >= 0.3 is 5.97 Å². The van der Waals surface area contributed by atoms with Gasteiger partial charge in [-0.1, -0.05) is 31.5 Å². The first-order valence-corrected chi connectivity index (χ1v) is 11.0. The Morgan fingerprint density at radius 2 is 1.90 bits per heavy atom. The number of hydrogen-bond acceptors (Lipinski definition) is 6. The third-order valence-electron chi connectivity index (χ3n) is 5.03. The summed E-state index contributed by atoms with van der Waals surface area (Å²) in [6.07, 6.45) is 1.34. The summed E-state index contributed by atoms with van der Waals surface area (Å²) in [6.45, 7) is 11.4. The van der Waals surface area contributed by atoms with E-state index >= 15 is 0 Å². The molecular formula is C23H27N3O4S. The third-order valence-corrected chi connectivity index (χ3v) is 6.23. The fourth-order valence-corrected chi connectivity index (χ4v) is 4.28. The molecule has 0 aliphatic carbocycles. The van der Waals surface area contributed by atoms with Crippen molar-refractivity contribution >= 4 is 39.1 Å². The van der Waals surface area contributed by atoms with Crippen molar-refractivity contribution in [3.63, 3.8) is 0 Å². The molecule has 0 saturated heterocycles. The van der Waals surface area contributed by atoms with Gasteiger partial charge < -0.3 is 10.1 Å². The number of esters is 1. The van der Waals surface area contributed by atoms with E-state index in [-0.39, 0.29) is 24.0 Å². The maximum Gasteiger partial charge on any atom is 0.329 e. The molecule has 8 heteroatoms. The van der Waals surface area contributed by atoms with Crippen molar-refractivity contribution < 1.29 is 14.3 Å². The predicted octanol–water partition coefficient (Wildman–Crippen LogP) is 4.40. The zero-order valence-corrected chi connectivity index (χ0v) is 19.4. The highest BCUT2D eigenvalue weighted by Crippen LogP contribution is 2.28. The zero-order chi connectivity index (χ0) is 22.9. The molecule has 0 spiro atoms.